The van der Waals surface area contributed by atoms with Crippen molar-refractivity contribution in [1.29, 1.82) is 5.26 Å². The Kier molecular flexibility index (Phi) is 4.32. The van der Waals surface area contributed by atoms with Gasteiger partial charge in [-0.3, -0.25) is 4.79 Å². The monoisotopic (exact) mass is 203 g/mol. The van der Waals surface area contributed by atoms with Gasteiger partial charge >= 0.3 is 0 Å². The molecule has 0 bridgehead atoms. The summed E-state index contributed by atoms with van der Waals surface area (Å²) in [7, 11) is 0. The lowest BCUT2D eigenvalue weighted by atomic mass is 10.2. The summed E-state index contributed by atoms with van der Waals surface area (Å²) in [5.41, 5.74) is 6.09. The molecule has 0 saturated heterocycles. The van der Waals surface area contributed by atoms with E-state index >= 15 is 0 Å². The lowest BCUT2D eigenvalue weighted by molar-refractivity contribution is -0.117. The van der Waals surface area contributed by atoms with Crippen molar-refractivity contribution in [3.8, 4) is 6.07 Å². The first kappa shape index (κ1) is 11.2. The zero-order valence-electron chi connectivity index (χ0n) is 8.39. The van der Waals surface area contributed by atoms with Crippen LogP contribution in [0.2, 0.25) is 0 Å². The molecule has 0 radical (unpaired) electrons. The normalized spacial score (nSPS) is 9.33. The highest BCUT2D eigenvalue weighted by molar-refractivity contribution is 5.94. The molecule has 15 heavy (non-hydrogen) atoms. The minimum Gasteiger partial charge on any atom is -0.322 e. The third-order valence-electron chi connectivity index (χ3n) is 1.99. The number of carbonyl (C=O) groups is 1. The van der Waals surface area contributed by atoms with Crippen molar-refractivity contribution < 1.29 is 4.79 Å². The number of rotatable bonds is 4. The number of hydrogen-bond donors (Lipinski definition) is 1. The van der Waals surface area contributed by atoms with Crippen LogP contribution >= 0.6 is 0 Å². The van der Waals surface area contributed by atoms with Gasteiger partial charge in [0.25, 0.3) is 0 Å². The summed E-state index contributed by atoms with van der Waals surface area (Å²) >= 11 is 0. The van der Waals surface area contributed by atoms with E-state index in [9.17, 15) is 4.79 Å². The summed E-state index contributed by atoms with van der Waals surface area (Å²) in [6.45, 7) is 0.344. The predicted molar refractivity (Wildman–Crippen MR) is 58.1 cm³/mol. The second-order valence-electron chi connectivity index (χ2n) is 2.99. The molecule has 0 heterocycles. The standard InChI is InChI=1S/C11H13N3O/c12-7-4-8-14(11(15)9-13)10-5-2-1-3-6-10/h1-3,5-6H,4,8-9,13H2. The molecular weight excluding hydrogens is 190 g/mol. The van der Waals surface area contributed by atoms with Crippen LogP contribution in [0.5, 0.6) is 0 Å². The number of para-hydroxylation sites is 1. The maximum atomic E-state index is 11.5. The summed E-state index contributed by atoms with van der Waals surface area (Å²) < 4.78 is 0. The van der Waals surface area contributed by atoms with E-state index in [2.05, 4.69) is 0 Å². The van der Waals surface area contributed by atoms with Crippen LogP contribution in [0.1, 0.15) is 6.42 Å². The molecule has 0 spiro atoms. The van der Waals surface area contributed by atoms with E-state index in [0.29, 0.717) is 13.0 Å². The Hall–Kier alpha value is -1.86. The van der Waals surface area contributed by atoms with Gasteiger partial charge in [-0.2, -0.15) is 5.26 Å². The Labute approximate surface area is 88.9 Å². The zero-order chi connectivity index (χ0) is 11.1. The highest BCUT2D eigenvalue weighted by Gasteiger charge is 2.12. The van der Waals surface area contributed by atoms with Crippen LogP contribution in [0.4, 0.5) is 5.69 Å². The number of anilines is 1. The maximum absolute atomic E-state index is 11.5. The van der Waals surface area contributed by atoms with Crippen molar-refractivity contribution in [2.45, 2.75) is 6.42 Å². The molecule has 78 valence electrons. The Morgan fingerprint density at radius 2 is 2.07 bits per heavy atom. The fraction of sp³-hybridized carbons (Fsp3) is 0.273. The van der Waals surface area contributed by atoms with Gasteiger partial charge in [0.15, 0.2) is 0 Å². The first-order chi connectivity index (χ1) is 7.29. The van der Waals surface area contributed by atoms with Crippen LogP contribution < -0.4 is 10.6 Å². The topological polar surface area (TPSA) is 70.1 Å². The Balaban J connectivity index is 2.82. The van der Waals surface area contributed by atoms with E-state index in [1.54, 1.807) is 0 Å². The molecule has 1 aromatic rings. The first-order valence-electron chi connectivity index (χ1n) is 4.72. The molecule has 4 heteroatoms. The quantitative estimate of drug-likeness (QED) is 0.790. The van der Waals surface area contributed by atoms with Gasteiger partial charge in [0.2, 0.25) is 5.91 Å². The lowest BCUT2D eigenvalue weighted by Crippen LogP contribution is -2.36. The minimum atomic E-state index is -0.170. The highest BCUT2D eigenvalue weighted by Crippen LogP contribution is 2.13. The number of nitriles is 1. The van der Waals surface area contributed by atoms with Gasteiger partial charge in [-0.1, -0.05) is 18.2 Å². The third-order valence-corrected chi connectivity index (χ3v) is 1.99. The van der Waals surface area contributed by atoms with Crippen molar-refractivity contribution in [1.82, 2.24) is 0 Å². The summed E-state index contributed by atoms with van der Waals surface area (Å²) in [6, 6.07) is 11.2. The van der Waals surface area contributed by atoms with Crippen LogP contribution in [0.25, 0.3) is 0 Å². The van der Waals surface area contributed by atoms with E-state index in [0.717, 1.165) is 5.69 Å². The van der Waals surface area contributed by atoms with Crippen LogP contribution in [-0.2, 0) is 4.79 Å². The number of carbonyl (C=O) groups excluding carboxylic acids is 1. The molecule has 0 aliphatic rings. The molecular formula is C11H13N3O. The molecule has 0 atom stereocenters. The van der Waals surface area contributed by atoms with E-state index in [1.807, 2.05) is 36.4 Å². The largest absolute Gasteiger partial charge is 0.322 e. The van der Waals surface area contributed by atoms with Crippen molar-refractivity contribution in [2.24, 2.45) is 5.73 Å². The van der Waals surface area contributed by atoms with Gasteiger partial charge in [0, 0.05) is 12.2 Å². The van der Waals surface area contributed by atoms with Crippen molar-refractivity contribution in [3.05, 3.63) is 30.3 Å². The van der Waals surface area contributed by atoms with E-state index in [1.165, 1.54) is 4.90 Å². The summed E-state index contributed by atoms with van der Waals surface area (Å²) in [5, 5.41) is 8.50. The molecule has 0 saturated carbocycles. The molecule has 0 aromatic heterocycles. The van der Waals surface area contributed by atoms with Gasteiger partial charge in [-0.15, -0.1) is 0 Å². The fourth-order valence-corrected chi connectivity index (χ4v) is 1.28. The van der Waals surface area contributed by atoms with Gasteiger partial charge in [0.1, 0.15) is 0 Å². The molecule has 1 aromatic carbocycles. The van der Waals surface area contributed by atoms with Gasteiger partial charge in [-0.25, -0.2) is 0 Å². The van der Waals surface area contributed by atoms with Crippen LogP contribution in [0, 0.1) is 11.3 Å². The molecule has 2 N–H and O–H groups in total. The van der Waals surface area contributed by atoms with Gasteiger partial charge < -0.3 is 10.6 Å². The van der Waals surface area contributed by atoms with Crippen molar-refractivity contribution >= 4 is 11.6 Å². The summed E-state index contributed by atoms with van der Waals surface area (Å²) in [6.07, 6.45) is 0.306. The van der Waals surface area contributed by atoms with Crippen LogP contribution in [-0.4, -0.2) is 19.0 Å². The predicted octanol–water partition coefficient (Wildman–Crippen LogP) is 0.892. The minimum absolute atomic E-state index is 0.0413. The van der Waals surface area contributed by atoms with E-state index in [-0.39, 0.29) is 12.5 Å². The average molecular weight is 203 g/mol. The number of benzene rings is 1. The molecule has 0 unspecified atom stereocenters. The Morgan fingerprint density at radius 3 is 2.60 bits per heavy atom. The molecule has 0 aliphatic carbocycles. The van der Waals surface area contributed by atoms with Crippen molar-refractivity contribution in [3.63, 3.8) is 0 Å². The van der Waals surface area contributed by atoms with Crippen LogP contribution in [0.3, 0.4) is 0 Å². The lowest BCUT2D eigenvalue weighted by Gasteiger charge is -2.20. The summed E-state index contributed by atoms with van der Waals surface area (Å²) in [5.74, 6) is -0.170. The first-order valence-corrected chi connectivity index (χ1v) is 4.72. The second kappa shape index (κ2) is 5.78. The molecule has 1 rings (SSSR count). The number of nitrogens with two attached hydrogens (primary N) is 1. The SMILES string of the molecule is N#CCCN(C(=O)CN)c1ccccc1. The van der Waals surface area contributed by atoms with E-state index < -0.39 is 0 Å². The number of hydrogen-bond acceptors (Lipinski definition) is 3. The van der Waals surface area contributed by atoms with Gasteiger partial charge in [0.05, 0.1) is 19.0 Å². The maximum Gasteiger partial charge on any atom is 0.240 e. The van der Waals surface area contributed by atoms with Crippen LogP contribution in [0.15, 0.2) is 30.3 Å². The Morgan fingerprint density at radius 1 is 1.40 bits per heavy atom. The fourth-order valence-electron chi connectivity index (χ4n) is 1.28. The molecule has 0 aliphatic heterocycles. The number of amides is 1. The third kappa shape index (κ3) is 3.08. The molecule has 0 fully saturated rings. The summed E-state index contributed by atoms with van der Waals surface area (Å²) in [4.78, 5) is 13.0. The molecule has 4 nitrogen and oxygen atoms in total. The van der Waals surface area contributed by atoms with E-state index in [4.69, 9.17) is 11.0 Å². The zero-order valence-corrected chi connectivity index (χ0v) is 8.39. The average Bonchev–Trinajstić information content (AvgIpc) is 2.30. The molecule has 1 amide bonds. The van der Waals surface area contributed by atoms with Crippen molar-refractivity contribution in [2.75, 3.05) is 18.0 Å². The smallest absolute Gasteiger partial charge is 0.240 e. The second-order valence-corrected chi connectivity index (χ2v) is 2.99. The highest BCUT2D eigenvalue weighted by atomic mass is 16.2. The number of nitrogens with zero attached hydrogens (tertiary/aromatic N) is 2. The Bertz CT molecular complexity index is 356. The van der Waals surface area contributed by atoms with Gasteiger partial charge in [-0.05, 0) is 12.1 Å².